The minimum atomic E-state index is 0.0434. The fraction of sp³-hybridized carbons (Fsp3) is 0.889. The first kappa shape index (κ1) is 15.8. The Morgan fingerprint density at radius 3 is 2.27 bits per heavy atom. The number of hydrogen-bond donors (Lipinski definition) is 0. The molecule has 0 aromatic rings. The summed E-state index contributed by atoms with van der Waals surface area (Å²) in [4.78, 5) is 28.7. The van der Waals surface area contributed by atoms with Gasteiger partial charge in [0.1, 0.15) is 0 Å². The van der Waals surface area contributed by atoms with Crippen molar-refractivity contribution in [3.8, 4) is 0 Å². The highest BCUT2D eigenvalue weighted by Crippen LogP contribution is 2.46. The summed E-state index contributed by atoms with van der Waals surface area (Å²) in [6.45, 7) is 5.26. The van der Waals surface area contributed by atoms with E-state index in [4.69, 9.17) is 0 Å². The quantitative estimate of drug-likeness (QED) is 0.787. The van der Waals surface area contributed by atoms with Crippen molar-refractivity contribution in [3.05, 3.63) is 0 Å². The third-order valence-electron chi connectivity index (χ3n) is 6.23. The van der Waals surface area contributed by atoms with Gasteiger partial charge < -0.3 is 9.80 Å². The van der Waals surface area contributed by atoms with E-state index in [0.717, 1.165) is 32.5 Å². The molecule has 2 heterocycles. The highest BCUT2D eigenvalue weighted by Gasteiger charge is 2.39. The molecule has 1 atom stereocenters. The Morgan fingerprint density at radius 1 is 0.955 bits per heavy atom. The Hall–Kier alpha value is -1.06. The number of likely N-dealkylation sites (tertiary alicyclic amines) is 2. The fourth-order valence-electron chi connectivity index (χ4n) is 4.71. The molecule has 4 heteroatoms. The second-order valence-electron chi connectivity index (χ2n) is 7.56. The van der Waals surface area contributed by atoms with E-state index in [-0.39, 0.29) is 11.8 Å². The number of hydrogen-bond acceptors (Lipinski definition) is 2. The average molecular weight is 306 g/mol. The Kier molecular flexibility index (Phi) is 4.74. The molecule has 0 bridgehead atoms. The monoisotopic (exact) mass is 306 g/mol. The van der Waals surface area contributed by atoms with Crippen molar-refractivity contribution >= 4 is 11.8 Å². The van der Waals surface area contributed by atoms with Crippen LogP contribution in [0.1, 0.15) is 64.7 Å². The van der Waals surface area contributed by atoms with Gasteiger partial charge >= 0.3 is 0 Å². The average Bonchev–Trinajstić information content (AvgIpc) is 3.02. The summed E-state index contributed by atoms with van der Waals surface area (Å²) in [5.74, 6) is 0.546. The minimum absolute atomic E-state index is 0.0434. The Labute approximate surface area is 134 Å². The van der Waals surface area contributed by atoms with Crippen molar-refractivity contribution in [1.82, 2.24) is 9.80 Å². The predicted octanol–water partition coefficient (Wildman–Crippen LogP) is 2.82. The first-order valence-electron chi connectivity index (χ1n) is 9.20. The van der Waals surface area contributed by atoms with Crippen LogP contribution in [0.25, 0.3) is 0 Å². The van der Waals surface area contributed by atoms with Crippen LogP contribution < -0.4 is 0 Å². The number of nitrogens with zero attached hydrogens (tertiary/aromatic N) is 2. The van der Waals surface area contributed by atoms with Gasteiger partial charge in [-0.15, -0.1) is 0 Å². The van der Waals surface area contributed by atoms with Gasteiger partial charge in [0, 0.05) is 32.6 Å². The standard InChI is InChI=1S/C18H30N2O2/c1-2-16(21)20-11-5-6-15(14-20)17(22)19-12-9-18(10-13-19)7-3-4-8-18/h15H,2-14H2,1H3/t15-/m0/s1. The van der Waals surface area contributed by atoms with Crippen LogP contribution in [0.2, 0.25) is 0 Å². The van der Waals surface area contributed by atoms with Crippen molar-refractivity contribution < 1.29 is 9.59 Å². The van der Waals surface area contributed by atoms with Crippen LogP contribution in [0.15, 0.2) is 0 Å². The third kappa shape index (κ3) is 3.16. The molecule has 0 N–H and O–H groups in total. The van der Waals surface area contributed by atoms with E-state index in [9.17, 15) is 9.59 Å². The number of amides is 2. The van der Waals surface area contributed by atoms with Crippen molar-refractivity contribution in [2.24, 2.45) is 11.3 Å². The smallest absolute Gasteiger partial charge is 0.227 e. The van der Waals surface area contributed by atoms with Crippen LogP contribution in [-0.4, -0.2) is 47.8 Å². The maximum atomic E-state index is 12.8. The maximum Gasteiger partial charge on any atom is 0.227 e. The zero-order chi connectivity index (χ0) is 15.6. The lowest BCUT2D eigenvalue weighted by Gasteiger charge is -2.42. The number of piperidine rings is 2. The summed E-state index contributed by atoms with van der Waals surface area (Å²) >= 11 is 0. The van der Waals surface area contributed by atoms with Gasteiger partial charge in [-0.25, -0.2) is 0 Å². The summed E-state index contributed by atoms with van der Waals surface area (Å²) in [5, 5.41) is 0. The molecule has 3 rings (SSSR count). The molecule has 124 valence electrons. The van der Waals surface area contributed by atoms with Crippen LogP contribution in [0.3, 0.4) is 0 Å². The van der Waals surface area contributed by atoms with E-state index < -0.39 is 0 Å². The van der Waals surface area contributed by atoms with Gasteiger partial charge in [-0.3, -0.25) is 9.59 Å². The maximum absolute atomic E-state index is 12.8. The molecule has 1 aliphatic carbocycles. The van der Waals surface area contributed by atoms with E-state index >= 15 is 0 Å². The highest BCUT2D eigenvalue weighted by atomic mass is 16.2. The van der Waals surface area contributed by atoms with Crippen LogP contribution in [0, 0.1) is 11.3 Å². The number of carbonyl (C=O) groups excluding carboxylic acids is 2. The van der Waals surface area contributed by atoms with Crippen LogP contribution in [-0.2, 0) is 9.59 Å². The zero-order valence-corrected chi connectivity index (χ0v) is 14.0. The molecule has 2 saturated heterocycles. The van der Waals surface area contributed by atoms with Crippen molar-refractivity contribution in [2.45, 2.75) is 64.7 Å². The van der Waals surface area contributed by atoms with E-state index in [1.807, 2.05) is 11.8 Å². The summed E-state index contributed by atoms with van der Waals surface area (Å²) in [7, 11) is 0. The lowest BCUT2D eigenvalue weighted by atomic mass is 9.77. The lowest BCUT2D eigenvalue weighted by molar-refractivity contribution is -0.142. The molecule has 0 aromatic heterocycles. The van der Waals surface area contributed by atoms with E-state index in [1.165, 1.54) is 38.5 Å². The third-order valence-corrected chi connectivity index (χ3v) is 6.23. The van der Waals surface area contributed by atoms with Gasteiger partial charge in [0.05, 0.1) is 5.92 Å². The minimum Gasteiger partial charge on any atom is -0.342 e. The van der Waals surface area contributed by atoms with Crippen LogP contribution >= 0.6 is 0 Å². The molecule has 0 aromatic carbocycles. The second kappa shape index (κ2) is 6.59. The molecule has 4 nitrogen and oxygen atoms in total. The van der Waals surface area contributed by atoms with Crippen LogP contribution in [0.5, 0.6) is 0 Å². The Bertz CT molecular complexity index is 419. The number of rotatable bonds is 2. The normalized spacial score (nSPS) is 28.1. The van der Waals surface area contributed by atoms with E-state index in [1.54, 1.807) is 0 Å². The van der Waals surface area contributed by atoms with Gasteiger partial charge in [0.25, 0.3) is 0 Å². The Balaban J connectivity index is 1.54. The molecule has 2 aliphatic heterocycles. The molecule has 0 radical (unpaired) electrons. The second-order valence-corrected chi connectivity index (χ2v) is 7.56. The molecular formula is C18H30N2O2. The highest BCUT2D eigenvalue weighted by molar-refractivity contribution is 5.81. The van der Waals surface area contributed by atoms with Gasteiger partial charge in [-0.05, 0) is 43.9 Å². The largest absolute Gasteiger partial charge is 0.342 e. The molecule has 0 unspecified atom stereocenters. The van der Waals surface area contributed by atoms with Crippen molar-refractivity contribution in [1.29, 1.82) is 0 Å². The molecule has 22 heavy (non-hydrogen) atoms. The zero-order valence-electron chi connectivity index (χ0n) is 14.0. The molecule has 3 fully saturated rings. The topological polar surface area (TPSA) is 40.6 Å². The van der Waals surface area contributed by atoms with Gasteiger partial charge in [-0.2, -0.15) is 0 Å². The molecule has 1 spiro atoms. The molecule has 3 aliphatic rings. The summed E-state index contributed by atoms with van der Waals surface area (Å²) in [6, 6.07) is 0. The summed E-state index contributed by atoms with van der Waals surface area (Å²) in [5.41, 5.74) is 0.563. The molecule has 2 amide bonds. The first-order valence-corrected chi connectivity index (χ1v) is 9.20. The predicted molar refractivity (Wildman–Crippen MR) is 86.3 cm³/mol. The number of carbonyl (C=O) groups is 2. The first-order chi connectivity index (χ1) is 10.6. The van der Waals surface area contributed by atoms with E-state index in [2.05, 4.69) is 4.90 Å². The fourth-order valence-corrected chi connectivity index (χ4v) is 4.71. The summed E-state index contributed by atoms with van der Waals surface area (Å²) < 4.78 is 0. The van der Waals surface area contributed by atoms with Gasteiger partial charge in [0.15, 0.2) is 0 Å². The van der Waals surface area contributed by atoms with E-state index in [0.29, 0.717) is 24.3 Å². The van der Waals surface area contributed by atoms with Crippen molar-refractivity contribution in [3.63, 3.8) is 0 Å². The molecular weight excluding hydrogens is 276 g/mol. The Morgan fingerprint density at radius 2 is 1.64 bits per heavy atom. The van der Waals surface area contributed by atoms with Crippen LogP contribution in [0.4, 0.5) is 0 Å². The van der Waals surface area contributed by atoms with Gasteiger partial charge in [-0.1, -0.05) is 19.8 Å². The summed E-state index contributed by atoms with van der Waals surface area (Å²) in [6.07, 6.45) is 10.4. The lowest BCUT2D eigenvalue weighted by Crippen LogP contribution is -2.49. The van der Waals surface area contributed by atoms with Crippen molar-refractivity contribution in [2.75, 3.05) is 26.2 Å². The SMILES string of the molecule is CCC(=O)N1CCC[C@H](C(=O)N2CCC3(CCCC3)CC2)C1. The van der Waals surface area contributed by atoms with Gasteiger partial charge in [0.2, 0.25) is 11.8 Å². The molecule has 1 saturated carbocycles.